The number of para-hydroxylation sites is 2. The third-order valence-electron chi connectivity index (χ3n) is 5.16. The molecule has 0 aliphatic heterocycles. The normalized spacial score (nSPS) is 10.5. The van der Waals surface area contributed by atoms with Crippen molar-refractivity contribution in [2.45, 2.75) is 17.7 Å². The molecule has 1 amide bonds. The third-order valence-corrected chi connectivity index (χ3v) is 6.18. The van der Waals surface area contributed by atoms with Crippen molar-refractivity contribution in [2.75, 3.05) is 11.6 Å². The van der Waals surface area contributed by atoms with Crippen LogP contribution in [0.1, 0.15) is 21.6 Å². The van der Waals surface area contributed by atoms with E-state index in [0.29, 0.717) is 28.0 Å². The molecule has 0 saturated heterocycles. The van der Waals surface area contributed by atoms with Gasteiger partial charge in [-0.05, 0) is 61.2 Å². The number of ketones is 1. The maximum atomic E-state index is 13.6. The molecule has 0 radical (unpaired) electrons. The highest BCUT2D eigenvalue weighted by Gasteiger charge is 2.27. The molecular weight excluding hydrogens is 492 g/mol. The zero-order valence-corrected chi connectivity index (χ0v) is 21.4. The van der Waals surface area contributed by atoms with Crippen LogP contribution in [0.5, 0.6) is 23.0 Å². The van der Waals surface area contributed by atoms with Gasteiger partial charge in [0.2, 0.25) is 0 Å². The fraction of sp³-hybridized carbons (Fsp3) is 0.107. The maximum Gasteiger partial charge on any atom is 0.297 e. The largest absolute Gasteiger partial charge is 0.456 e. The van der Waals surface area contributed by atoms with E-state index in [0.717, 1.165) is 11.3 Å². The summed E-state index contributed by atoms with van der Waals surface area (Å²) < 4.78 is 12.0. The summed E-state index contributed by atoms with van der Waals surface area (Å²) in [6.45, 7) is 1.87. The number of anilines is 1. The molecule has 1 N–H and O–H groups in total. The standard InChI is InChI=1S/C28H24N2O4S2/c1-18-16-19(17-35)25(28(29-18)36-2)30-27(32)26(31)24-22(33-20-10-5-3-6-11-20)14-9-15-23(24)34-21-12-7-4-8-13-21/h3-16,35H,17H2,1-2H3,(H,30,32). The number of amides is 1. The molecule has 3 aromatic carbocycles. The van der Waals surface area contributed by atoms with Crippen LogP contribution in [0.15, 0.2) is 90.0 Å². The molecule has 0 bridgehead atoms. The number of pyridine rings is 1. The number of thioether (sulfide) groups is 1. The Morgan fingerprint density at radius 2 is 1.44 bits per heavy atom. The van der Waals surface area contributed by atoms with E-state index in [1.165, 1.54) is 11.8 Å². The van der Waals surface area contributed by atoms with Crippen molar-refractivity contribution in [3.8, 4) is 23.0 Å². The molecule has 0 saturated carbocycles. The molecule has 6 nitrogen and oxygen atoms in total. The molecule has 0 atom stereocenters. The lowest BCUT2D eigenvalue weighted by Gasteiger charge is -2.17. The monoisotopic (exact) mass is 516 g/mol. The SMILES string of the molecule is CSc1nc(C)cc(CS)c1NC(=O)C(=O)c1c(Oc2ccccc2)cccc1Oc1ccccc1. The summed E-state index contributed by atoms with van der Waals surface area (Å²) in [5, 5.41) is 3.36. The average Bonchev–Trinajstić information content (AvgIpc) is 2.90. The Kier molecular flexibility index (Phi) is 8.30. The highest BCUT2D eigenvalue weighted by Crippen LogP contribution is 2.36. The van der Waals surface area contributed by atoms with E-state index in [2.05, 4.69) is 22.9 Å². The lowest BCUT2D eigenvalue weighted by atomic mass is 10.1. The van der Waals surface area contributed by atoms with Gasteiger partial charge in [0.15, 0.2) is 0 Å². The fourth-order valence-corrected chi connectivity index (χ4v) is 4.41. The van der Waals surface area contributed by atoms with Crippen LogP contribution >= 0.6 is 24.4 Å². The lowest BCUT2D eigenvalue weighted by molar-refractivity contribution is -0.112. The van der Waals surface area contributed by atoms with Gasteiger partial charge in [0.05, 0.1) is 5.69 Å². The van der Waals surface area contributed by atoms with Gasteiger partial charge in [-0.15, -0.1) is 11.8 Å². The molecule has 182 valence electrons. The van der Waals surface area contributed by atoms with Gasteiger partial charge < -0.3 is 14.8 Å². The number of nitrogens with one attached hydrogen (secondary N) is 1. The van der Waals surface area contributed by atoms with Gasteiger partial charge in [0.1, 0.15) is 33.6 Å². The van der Waals surface area contributed by atoms with Crippen LogP contribution in [-0.4, -0.2) is 22.9 Å². The zero-order chi connectivity index (χ0) is 25.5. The molecule has 36 heavy (non-hydrogen) atoms. The number of ether oxygens (including phenoxy) is 2. The number of hydrogen-bond donors (Lipinski definition) is 2. The Hall–Kier alpha value is -3.75. The van der Waals surface area contributed by atoms with Crippen LogP contribution in [0.2, 0.25) is 0 Å². The van der Waals surface area contributed by atoms with Crippen LogP contribution in [0.4, 0.5) is 5.69 Å². The Balaban J connectivity index is 1.74. The second-order valence-corrected chi connectivity index (χ2v) is 8.82. The van der Waals surface area contributed by atoms with Gasteiger partial charge in [-0.25, -0.2) is 4.98 Å². The van der Waals surface area contributed by atoms with E-state index in [-0.39, 0.29) is 17.1 Å². The molecule has 0 unspecified atom stereocenters. The van der Waals surface area contributed by atoms with Gasteiger partial charge >= 0.3 is 0 Å². The number of carbonyl (C=O) groups excluding carboxylic acids is 2. The first kappa shape index (κ1) is 25.3. The van der Waals surface area contributed by atoms with Gasteiger partial charge in [-0.1, -0.05) is 42.5 Å². The highest BCUT2D eigenvalue weighted by atomic mass is 32.2. The van der Waals surface area contributed by atoms with Gasteiger partial charge in [-0.2, -0.15) is 12.6 Å². The summed E-state index contributed by atoms with van der Waals surface area (Å²) in [6, 6.07) is 24.9. The van der Waals surface area contributed by atoms with E-state index >= 15 is 0 Å². The summed E-state index contributed by atoms with van der Waals surface area (Å²) in [6.07, 6.45) is 1.86. The second-order valence-electron chi connectivity index (χ2n) is 7.71. The number of carbonyl (C=O) groups is 2. The summed E-state index contributed by atoms with van der Waals surface area (Å²) in [5.41, 5.74) is 2.05. The Morgan fingerprint density at radius 1 is 0.889 bits per heavy atom. The molecule has 0 spiro atoms. The van der Waals surface area contributed by atoms with Crippen LogP contribution in [0, 0.1) is 6.92 Å². The number of aryl methyl sites for hydroxylation is 1. The van der Waals surface area contributed by atoms with Crippen LogP contribution in [-0.2, 0) is 10.5 Å². The minimum atomic E-state index is -0.832. The Labute approximate surface area is 219 Å². The van der Waals surface area contributed by atoms with Gasteiger partial charge in [0.25, 0.3) is 11.7 Å². The first-order valence-electron chi connectivity index (χ1n) is 11.1. The smallest absolute Gasteiger partial charge is 0.297 e. The highest BCUT2D eigenvalue weighted by molar-refractivity contribution is 7.98. The molecule has 4 rings (SSSR count). The van der Waals surface area contributed by atoms with Crippen LogP contribution in [0.25, 0.3) is 0 Å². The van der Waals surface area contributed by atoms with Crippen molar-refractivity contribution >= 4 is 41.8 Å². The fourth-order valence-electron chi connectivity index (χ4n) is 3.54. The number of hydrogen-bond acceptors (Lipinski definition) is 7. The molecule has 0 aliphatic carbocycles. The number of aromatic nitrogens is 1. The molecular formula is C28H24N2O4S2. The van der Waals surface area contributed by atoms with Crippen molar-refractivity contribution in [1.29, 1.82) is 0 Å². The first-order chi connectivity index (χ1) is 17.5. The zero-order valence-electron chi connectivity index (χ0n) is 19.7. The number of thiol groups is 1. The topological polar surface area (TPSA) is 77.5 Å². The summed E-state index contributed by atoms with van der Waals surface area (Å²) in [5.74, 6) is 0.192. The number of nitrogens with zero attached hydrogens (tertiary/aromatic N) is 1. The predicted octanol–water partition coefficient (Wildman–Crippen LogP) is 6.95. The molecule has 1 aromatic heterocycles. The maximum absolute atomic E-state index is 13.6. The van der Waals surface area contributed by atoms with Crippen molar-refractivity contribution in [1.82, 2.24) is 4.98 Å². The third kappa shape index (κ3) is 5.90. The minimum absolute atomic E-state index is 0.0147. The van der Waals surface area contributed by atoms with E-state index < -0.39 is 11.7 Å². The molecule has 8 heteroatoms. The Bertz CT molecular complexity index is 1290. The van der Waals surface area contributed by atoms with E-state index in [1.807, 2.05) is 55.6 Å². The van der Waals surface area contributed by atoms with Crippen molar-refractivity contribution in [2.24, 2.45) is 0 Å². The van der Waals surface area contributed by atoms with Crippen LogP contribution < -0.4 is 14.8 Å². The number of Topliss-reactive ketones (excluding diaryl/α,β-unsaturated/α-hetero) is 1. The molecule has 1 heterocycles. The quantitative estimate of drug-likeness (QED) is 0.109. The summed E-state index contributed by atoms with van der Waals surface area (Å²) >= 11 is 5.77. The molecule has 0 aliphatic rings. The first-order valence-corrected chi connectivity index (χ1v) is 13.0. The van der Waals surface area contributed by atoms with E-state index in [4.69, 9.17) is 9.47 Å². The molecule has 0 fully saturated rings. The van der Waals surface area contributed by atoms with Crippen molar-refractivity contribution in [3.05, 3.63) is 102 Å². The summed E-state index contributed by atoms with van der Waals surface area (Å²) in [4.78, 5) is 31.4. The average molecular weight is 517 g/mol. The predicted molar refractivity (Wildman–Crippen MR) is 146 cm³/mol. The van der Waals surface area contributed by atoms with E-state index in [1.54, 1.807) is 42.5 Å². The number of rotatable bonds is 9. The van der Waals surface area contributed by atoms with E-state index in [9.17, 15) is 9.59 Å². The van der Waals surface area contributed by atoms with Gasteiger partial charge in [0, 0.05) is 11.4 Å². The van der Waals surface area contributed by atoms with Crippen molar-refractivity contribution in [3.63, 3.8) is 0 Å². The van der Waals surface area contributed by atoms with Crippen LogP contribution in [0.3, 0.4) is 0 Å². The Morgan fingerprint density at radius 3 is 1.94 bits per heavy atom. The summed E-state index contributed by atoms with van der Waals surface area (Å²) in [7, 11) is 0. The molecule has 4 aromatic rings. The minimum Gasteiger partial charge on any atom is -0.456 e. The van der Waals surface area contributed by atoms with Gasteiger partial charge in [-0.3, -0.25) is 9.59 Å². The number of benzene rings is 3. The lowest BCUT2D eigenvalue weighted by Crippen LogP contribution is -2.25. The van der Waals surface area contributed by atoms with Crippen molar-refractivity contribution < 1.29 is 19.1 Å². The second kappa shape index (κ2) is 11.8.